The van der Waals surface area contributed by atoms with Crippen molar-refractivity contribution in [3.05, 3.63) is 72.1 Å². The van der Waals surface area contributed by atoms with Crippen LogP contribution in [0.25, 0.3) is 0 Å². The maximum absolute atomic E-state index is 13.0. The van der Waals surface area contributed by atoms with E-state index in [-0.39, 0.29) is 19.4 Å². The van der Waals surface area contributed by atoms with Crippen LogP contribution in [0.1, 0.15) is 38.3 Å². The van der Waals surface area contributed by atoms with Crippen molar-refractivity contribution in [1.82, 2.24) is 25.1 Å². The van der Waals surface area contributed by atoms with E-state index in [2.05, 4.69) is 73.0 Å². The predicted molar refractivity (Wildman–Crippen MR) is 146 cm³/mol. The minimum absolute atomic E-state index is 0. The molecule has 3 heterocycles. The zero-order valence-corrected chi connectivity index (χ0v) is 20.2. The minimum atomic E-state index is -0.0699. The summed E-state index contributed by atoms with van der Waals surface area (Å²) in [7, 11) is 0. The van der Waals surface area contributed by atoms with Gasteiger partial charge in [0.1, 0.15) is 18.0 Å². The van der Waals surface area contributed by atoms with Crippen LogP contribution < -0.4 is 16.0 Å². The molecule has 1 saturated heterocycles. The van der Waals surface area contributed by atoms with Gasteiger partial charge in [-0.2, -0.15) is 0 Å². The molecule has 190 valence electrons. The average molecular weight is 488 g/mol. The molecule has 2 aliphatic rings. The molecule has 1 aromatic heterocycles. The summed E-state index contributed by atoms with van der Waals surface area (Å²) in [5.74, 6) is 1.60. The Morgan fingerprint density at radius 2 is 1.58 bits per heavy atom. The summed E-state index contributed by atoms with van der Waals surface area (Å²) >= 11 is 0. The molecule has 0 spiro atoms. The lowest BCUT2D eigenvalue weighted by Gasteiger charge is -2.25. The molecule has 0 aliphatic carbocycles. The maximum atomic E-state index is 13.0. The Morgan fingerprint density at radius 1 is 0.917 bits per heavy atom. The highest BCUT2D eigenvalue weighted by molar-refractivity contribution is 5.82. The molecule has 1 amide bonds. The first-order valence-electron chi connectivity index (χ1n) is 12.4. The van der Waals surface area contributed by atoms with Gasteiger partial charge in [-0.1, -0.05) is 38.6 Å². The van der Waals surface area contributed by atoms with Gasteiger partial charge in [0.05, 0.1) is 6.04 Å². The molecule has 0 radical (unpaired) electrons. The zero-order chi connectivity index (χ0) is 24.0. The van der Waals surface area contributed by atoms with Crippen LogP contribution in [-0.2, 0) is 17.9 Å². The molecule has 2 aromatic carbocycles. The van der Waals surface area contributed by atoms with Crippen molar-refractivity contribution in [2.75, 3.05) is 36.8 Å². The molecular formula is C28H37N7O. The highest BCUT2D eigenvalue weighted by atomic mass is 16.2. The second-order valence-corrected chi connectivity index (χ2v) is 9.23. The first-order valence-corrected chi connectivity index (χ1v) is 12.4. The van der Waals surface area contributed by atoms with Gasteiger partial charge in [-0.15, -0.1) is 0 Å². The van der Waals surface area contributed by atoms with E-state index in [1.54, 1.807) is 6.33 Å². The van der Waals surface area contributed by atoms with Crippen LogP contribution in [0.5, 0.6) is 0 Å². The van der Waals surface area contributed by atoms with Crippen molar-refractivity contribution in [2.24, 2.45) is 0 Å². The second-order valence-electron chi connectivity index (χ2n) is 9.23. The van der Waals surface area contributed by atoms with Crippen LogP contribution >= 0.6 is 0 Å². The normalized spacial score (nSPS) is 19.1. The third kappa shape index (κ3) is 6.38. The molecule has 2 aliphatic heterocycles. The van der Waals surface area contributed by atoms with Gasteiger partial charge in [0.2, 0.25) is 5.91 Å². The largest absolute Gasteiger partial charge is 0.353 e. The number of rotatable bonds is 1. The van der Waals surface area contributed by atoms with E-state index in [1.807, 2.05) is 24.3 Å². The lowest BCUT2D eigenvalue weighted by molar-refractivity contribution is -0.125. The van der Waals surface area contributed by atoms with Gasteiger partial charge in [-0.05, 0) is 61.3 Å². The quantitative estimate of drug-likeness (QED) is 0.465. The molecule has 1 unspecified atom stereocenters. The Hall–Kier alpha value is -3.49. The van der Waals surface area contributed by atoms with Gasteiger partial charge >= 0.3 is 0 Å². The topological polar surface area (TPSA) is 85.4 Å². The molecule has 5 rings (SSSR count). The Kier molecular flexibility index (Phi) is 8.51. The van der Waals surface area contributed by atoms with Gasteiger partial charge in [0, 0.05) is 43.6 Å². The van der Waals surface area contributed by atoms with Crippen molar-refractivity contribution in [3.63, 3.8) is 0 Å². The van der Waals surface area contributed by atoms with E-state index in [1.165, 1.54) is 11.1 Å². The van der Waals surface area contributed by atoms with Crippen LogP contribution in [0.15, 0.2) is 60.9 Å². The van der Waals surface area contributed by atoms with Gasteiger partial charge in [-0.3, -0.25) is 14.6 Å². The Balaban J connectivity index is 0.00000304. The maximum Gasteiger partial charge on any atom is 0.237 e. The van der Waals surface area contributed by atoms with Crippen LogP contribution in [0.4, 0.5) is 23.0 Å². The lowest BCUT2D eigenvalue weighted by Crippen LogP contribution is -2.45. The van der Waals surface area contributed by atoms with E-state index < -0.39 is 0 Å². The van der Waals surface area contributed by atoms with E-state index in [9.17, 15) is 4.79 Å². The van der Waals surface area contributed by atoms with Crippen molar-refractivity contribution >= 4 is 28.9 Å². The summed E-state index contributed by atoms with van der Waals surface area (Å²) < 4.78 is 0. The fourth-order valence-corrected chi connectivity index (χ4v) is 4.89. The van der Waals surface area contributed by atoms with Gasteiger partial charge in [0.25, 0.3) is 0 Å². The Labute approximate surface area is 214 Å². The molecule has 1 atom stereocenters. The van der Waals surface area contributed by atoms with Crippen molar-refractivity contribution in [1.29, 1.82) is 0 Å². The summed E-state index contributed by atoms with van der Waals surface area (Å²) in [6.45, 7) is 7.05. The zero-order valence-electron chi connectivity index (χ0n) is 20.2. The van der Waals surface area contributed by atoms with Crippen molar-refractivity contribution in [2.45, 2.75) is 46.3 Å². The minimum Gasteiger partial charge on any atom is -0.353 e. The molecule has 36 heavy (non-hydrogen) atoms. The smallest absolute Gasteiger partial charge is 0.237 e. The summed E-state index contributed by atoms with van der Waals surface area (Å²) in [5.41, 5.74) is 4.33. The number of nitrogens with one attached hydrogen (secondary N) is 3. The first kappa shape index (κ1) is 25.6. The van der Waals surface area contributed by atoms with Gasteiger partial charge in [0.15, 0.2) is 0 Å². The van der Waals surface area contributed by atoms with Crippen molar-refractivity contribution < 1.29 is 4.79 Å². The SMILES string of the molecule is C.CCN1CCNC(=O)C2CCCN2Cc2cccc(c2)Nc2cc(ncn2)Nc2cccc(c2)C1. The number of carbonyl (C=O) groups is 1. The first-order chi connectivity index (χ1) is 17.2. The number of amides is 1. The van der Waals surface area contributed by atoms with E-state index in [0.29, 0.717) is 6.54 Å². The molecule has 6 bridgehead atoms. The fourth-order valence-electron chi connectivity index (χ4n) is 4.89. The summed E-state index contributed by atoms with van der Waals surface area (Å²) in [6.07, 6.45) is 3.52. The number of aromatic nitrogens is 2. The number of hydrogen-bond acceptors (Lipinski definition) is 7. The van der Waals surface area contributed by atoms with Crippen LogP contribution in [0, 0.1) is 0 Å². The molecular weight excluding hydrogens is 450 g/mol. The number of carbonyl (C=O) groups excluding carboxylic acids is 1. The molecule has 8 heteroatoms. The summed E-state index contributed by atoms with van der Waals surface area (Å²) in [5, 5.41) is 10.00. The standard InChI is InChI=1S/C27H33N7O.CH4/c1-2-33-13-11-28-27(35)24-10-5-12-34(24)18-21-7-4-9-23(15-21)32-26-16-25(29-19-30-26)31-22-8-3-6-20(14-22)17-33;/h3-4,6-9,14-16,19,24H,2,5,10-13,17-18H2,1H3,(H,28,35)(H2,29,30,31,32);1H4. The van der Waals surface area contributed by atoms with Crippen LogP contribution in [0.3, 0.4) is 0 Å². The number of fused-ring (bicyclic) bond motifs is 7. The number of hydrogen-bond donors (Lipinski definition) is 3. The number of nitrogens with zero attached hydrogens (tertiary/aromatic N) is 4. The Bertz CT molecular complexity index is 1170. The monoisotopic (exact) mass is 487 g/mol. The van der Waals surface area contributed by atoms with Crippen LogP contribution in [0.2, 0.25) is 0 Å². The van der Waals surface area contributed by atoms with Crippen LogP contribution in [-0.4, -0.2) is 57.9 Å². The van der Waals surface area contributed by atoms with Crippen molar-refractivity contribution in [3.8, 4) is 0 Å². The third-order valence-corrected chi connectivity index (χ3v) is 6.70. The number of benzene rings is 2. The van der Waals surface area contributed by atoms with E-state index in [4.69, 9.17) is 0 Å². The molecule has 8 nitrogen and oxygen atoms in total. The average Bonchev–Trinajstić information content (AvgIpc) is 3.32. The molecule has 3 aromatic rings. The number of likely N-dealkylation sites (N-methyl/N-ethyl adjacent to an activating group) is 1. The molecule has 0 saturated carbocycles. The second kappa shape index (κ2) is 12.0. The van der Waals surface area contributed by atoms with E-state index >= 15 is 0 Å². The van der Waals surface area contributed by atoms with Gasteiger partial charge in [-0.25, -0.2) is 9.97 Å². The Morgan fingerprint density at radius 3 is 2.25 bits per heavy atom. The molecule has 3 N–H and O–H groups in total. The summed E-state index contributed by atoms with van der Waals surface area (Å²) in [4.78, 5) is 26.5. The summed E-state index contributed by atoms with van der Waals surface area (Å²) in [6, 6.07) is 18.5. The highest BCUT2D eigenvalue weighted by Crippen LogP contribution is 2.24. The van der Waals surface area contributed by atoms with Gasteiger partial charge < -0.3 is 16.0 Å². The fraction of sp³-hybridized carbons (Fsp3) is 0.393. The third-order valence-electron chi connectivity index (χ3n) is 6.70. The molecule has 1 fully saturated rings. The highest BCUT2D eigenvalue weighted by Gasteiger charge is 2.30. The number of anilines is 4. The predicted octanol–water partition coefficient (Wildman–Crippen LogP) is 4.52. The van der Waals surface area contributed by atoms with E-state index in [0.717, 1.165) is 68.6 Å². The lowest BCUT2D eigenvalue weighted by atomic mass is 10.1.